The average molecular weight is 280 g/mol. The maximum Gasteiger partial charge on any atom is 0.137 e. The van der Waals surface area contributed by atoms with Crippen LogP contribution in [0.25, 0.3) is 5.65 Å². The number of pyridine rings is 1. The van der Waals surface area contributed by atoms with Gasteiger partial charge in [-0.25, -0.2) is 4.98 Å². The smallest absolute Gasteiger partial charge is 0.137 e. The lowest BCUT2D eigenvalue weighted by Crippen LogP contribution is -1.98. The molecule has 0 bridgehead atoms. The van der Waals surface area contributed by atoms with Crippen LogP contribution in [0.3, 0.4) is 0 Å². The van der Waals surface area contributed by atoms with Gasteiger partial charge in [-0.1, -0.05) is 37.3 Å². The molecule has 3 aromatic rings. The van der Waals surface area contributed by atoms with Gasteiger partial charge in [0.1, 0.15) is 5.65 Å². The van der Waals surface area contributed by atoms with Gasteiger partial charge in [0.15, 0.2) is 0 Å². The Morgan fingerprint density at radius 2 is 1.76 bits per heavy atom. The van der Waals surface area contributed by atoms with Gasteiger partial charge in [0, 0.05) is 12.6 Å². The van der Waals surface area contributed by atoms with Gasteiger partial charge in [-0.05, 0) is 36.1 Å². The number of imidazole rings is 1. The highest BCUT2D eigenvalue weighted by Crippen LogP contribution is 2.18. The number of aliphatic hydroxyl groups is 1. The second-order valence-corrected chi connectivity index (χ2v) is 5.44. The van der Waals surface area contributed by atoms with Crippen LogP contribution in [0.1, 0.15) is 35.0 Å². The molecule has 0 aliphatic heterocycles. The Bertz CT molecular complexity index is 757. The first kappa shape index (κ1) is 13.8. The predicted octanol–water partition coefficient (Wildman–Crippen LogP) is 3.29. The lowest BCUT2D eigenvalue weighted by Gasteiger charge is -2.04. The van der Waals surface area contributed by atoms with Crippen molar-refractivity contribution in [3.8, 4) is 0 Å². The van der Waals surface area contributed by atoms with E-state index in [1.54, 1.807) is 0 Å². The highest BCUT2D eigenvalue weighted by atomic mass is 16.3. The van der Waals surface area contributed by atoms with E-state index < -0.39 is 0 Å². The van der Waals surface area contributed by atoms with Gasteiger partial charge in [0.25, 0.3) is 0 Å². The van der Waals surface area contributed by atoms with E-state index in [-0.39, 0.29) is 6.61 Å². The Kier molecular flexibility index (Phi) is 3.76. The Morgan fingerprint density at radius 3 is 2.43 bits per heavy atom. The van der Waals surface area contributed by atoms with Crippen molar-refractivity contribution < 1.29 is 5.11 Å². The summed E-state index contributed by atoms with van der Waals surface area (Å²) < 4.78 is 1.99. The number of benzene rings is 1. The van der Waals surface area contributed by atoms with E-state index in [9.17, 15) is 5.11 Å². The molecule has 3 heteroatoms. The fraction of sp³-hybridized carbons (Fsp3) is 0.278. The van der Waals surface area contributed by atoms with Gasteiger partial charge in [-0.15, -0.1) is 0 Å². The summed E-state index contributed by atoms with van der Waals surface area (Å²) in [6, 6.07) is 12.7. The van der Waals surface area contributed by atoms with Crippen LogP contribution in [0.5, 0.6) is 0 Å². The van der Waals surface area contributed by atoms with Crippen molar-refractivity contribution in [2.75, 3.05) is 0 Å². The van der Waals surface area contributed by atoms with Gasteiger partial charge >= 0.3 is 0 Å². The summed E-state index contributed by atoms with van der Waals surface area (Å²) in [5, 5.41) is 9.70. The lowest BCUT2D eigenvalue weighted by molar-refractivity contribution is 0.274. The van der Waals surface area contributed by atoms with E-state index in [1.807, 2.05) is 29.7 Å². The molecule has 0 saturated heterocycles. The third-order valence-electron chi connectivity index (χ3n) is 3.90. The van der Waals surface area contributed by atoms with Crippen LogP contribution in [0.15, 0.2) is 42.6 Å². The van der Waals surface area contributed by atoms with Crippen LogP contribution in [0.4, 0.5) is 0 Å². The Balaban J connectivity index is 1.99. The highest BCUT2D eigenvalue weighted by Gasteiger charge is 2.11. The second kappa shape index (κ2) is 5.70. The van der Waals surface area contributed by atoms with Crippen LogP contribution in [-0.4, -0.2) is 14.5 Å². The molecule has 1 N–H and O–H groups in total. The maximum absolute atomic E-state index is 9.70. The highest BCUT2D eigenvalue weighted by molar-refractivity contribution is 5.45. The average Bonchev–Trinajstić information content (AvgIpc) is 2.84. The quantitative estimate of drug-likeness (QED) is 0.796. The summed E-state index contributed by atoms with van der Waals surface area (Å²) in [7, 11) is 0. The van der Waals surface area contributed by atoms with Gasteiger partial charge < -0.3 is 9.51 Å². The van der Waals surface area contributed by atoms with Crippen LogP contribution in [0, 0.1) is 6.92 Å². The number of aliphatic hydroxyl groups excluding tert-OH is 1. The van der Waals surface area contributed by atoms with Crippen molar-refractivity contribution in [1.29, 1.82) is 0 Å². The molecule has 3 nitrogen and oxygen atoms in total. The van der Waals surface area contributed by atoms with E-state index in [0.29, 0.717) is 0 Å². The molecule has 0 unspecified atom stereocenters. The third-order valence-corrected chi connectivity index (χ3v) is 3.90. The molecule has 1 aromatic carbocycles. The molecule has 3 rings (SSSR count). The van der Waals surface area contributed by atoms with Crippen LogP contribution < -0.4 is 0 Å². The summed E-state index contributed by atoms with van der Waals surface area (Å²) in [4.78, 5) is 4.67. The van der Waals surface area contributed by atoms with Crippen LogP contribution in [0.2, 0.25) is 0 Å². The first-order valence-electron chi connectivity index (χ1n) is 7.36. The van der Waals surface area contributed by atoms with Crippen molar-refractivity contribution >= 4 is 5.65 Å². The summed E-state index contributed by atoms with van der Waals surface area (Å²) in [5.41, 5.74) is 6.45. The molecule has 0 atom stereocenters. The van der Waals surface area contributed by atoms with Gasteiger partial charge in [-0.3, -0.25) is 0 Å². The minimum absolute atomic E-state index is 0.00694. The van der Waals surface area contributed by atoms with Crippen molar-refractivity contribution in [3.05, 3.63) is 70.7 Å². The monoisotopic (exact) mass is 280 g/mol. The number of hydrogen-bond acceptors (Lipinski definition) is 2. The topological polar surface area (TPSA) is 37.5 Å². The number of rotatable bonds is 4. The molecular formula is C18H20N2O. The standard InChI is InChI=1S/C18H20N2O/c1-3-14-5-7-15(8-6-14)10-16-17(12-21)20-11-13(2)4-9-18(20)19-16/h4-9,11,21H,3,10,12H2,1-2H3. The van der Waals surface area contributed by atoms with Gasteiger partial charge in [0.2, 0.25) is 0 Å². The molecule has 0 saturated carbocycles. The molecule has 0 radical (unpaired) electrons. The zero-order valence-electron chi connectivity index (χ0n) is 12.5. The zero-order valence-corrected chi connectivity index (χ0v) is 12.5. The molecule has 0 aliphatic carbocycles. The fourth-order valence-corrected chi connectivity index (χ4v) is 2.64. The second-order valence-electron chi connectivity index (χ2n) is 5.44. The Morgan fingerprint density at radius 1 is 1.05 bits per heavy atom. The summed E-state index contributed by atoms with van der Waals surface area (Å²) in [6.07, 6.45) is 3.83. The molecule has 108 valence electrons. The molecule has 0 aliphatic rings. The van der Waals surface area contributed by atoms with Crippen molar-refractivity contribution in [1.82, 2.24) is 9.38 Å². The fourth-order valence-electron chi connectivity index (χ4n) is 2.64. The zero-order chi connectivity index (χ0) is 14.8. The number of fused-ring (bicyclic) bond motifs is 1. The number of aromatic nitrogens is 2. The number of nitrogens with zero attached hydrogens (tertiary/aromatic N) is 2. The lowest BCUT2D eigenvalue weighted by atomic mass is 10.1. The van der Waals surface area contributed by atoms with Gasteiger partial charge in [0.05, 0.1) is 18.0 Å². The Hall–Kier alpha value is -2.13. The molecular weight excluding hydrogens is 260 g/mol. The van der Waals surface area contributed by atoms with Crippen LogP contribution >= 0.6 is 0 Å². The molecule has 2 heterocycles. The van der Waals surface area contributed by atoms with E-state index in [0.717, 1.165) is 35.4 Å². The van der Waals surface area contributed by atoms with E-state index >= 15 is 0 Å². The van der Waals surface area contributed by atoms with E-state index in [4.69, 9.17) is 0 Å². The molecule has 0 fully saturated rings. The van der Waals surface area contributed by atoms with E-state index in [1.165, 1.54) is 11.1 Å². The van der Waals surface area contributed by atoms with Crippen molar-refractivity contribution in [2.24, 2.45) is 0 Å². The minimum Gasteiger partial charge on any atom is -0.390 e. The van der Waals surface area contributed by atoms with Crippen LogP contribution in [-0.2, 0) is 19.4 Å². The normalized spacial score (nSPS) is 11.2. The molecule has 21 heavy (non-hydrogen) atoms. The summed E-state index contributed by atoms with van der Waals surface area (Å²) in [5.74, 6) is 0. The third kappa shape index (κ3) is 2.69. The van der Waals surface area contributed by atoms with E-state index in [2.05, 4.69) is 36.2 Å². The first-order valence-corrected chi connectivity index (χ1v) is 7.36. The number of hydrogen-bond donors (Lipinski definition) is 1. The molecule has 0 amide bonds. The summed E-state index contributed by atoms with van der Waals surface area (Å²) >= 11 is 0. The maximum atomic E-state index is 9.70. The van der Waals surface area contributed by atoms with Crippen molar-refractivity contribution in [2.45, 2.75) is 33.3 Å². The molecule has 2 aromatic heterocycles. The SMILES string of the molecule is CCc1ccc(Cc2nc3ccc(C)cn3c2CO)cc1. The summed E-state index contributed by atoms with van der Waals surface area (Å²) in [6.45, 7) is 4.21. The first-order chi connectivity index (χ1) is 10.2. The minimum atomic E-state index is 0.00694. The van der Waals surface area contributed by atoms with Crippen molar-refractivity contribution in [3.63, 3.8) is 0 Å². The number of aryl methyl sites for hydroxylation is 2. The largest absolute Gasteiger partial charge is 0.390 e. The predicted molar refractivity (Wildman–Crippen MR) is 84.5 cm³/mol. The Labute approximate surface area is 124 Å². The van der Waals surface area contributed by atoms with Gasteiger partial charge in [-0.2, -0.15) is 0 Å². The molecule has 0 spiro atoms.